The van der Waals surface area contributed by atoms with E-state index >= 15 is 0 Å². The molecule has 0 amide bonds. The Morgan fingerprint density at radius 1 is 1.33 bits per heavy atom. The number of aliphatic imine (C=N–C) groups is 1. The lowest BCUT2D eigenvalue weighted by molar-refractivity contribution is 0.249. The van der Waals surface area contributed by atoms with Crippen molar-refractivity contribution in [1.82, 2.24) is 10.2 Å². The standard InChI is InChI=1S/C14H29N3S/c1-7-14(8-2)11-18-12(16-14)15-9-13(3,4)10-17(5)6/h7-11H2,1-6H3,(H,15,16). The molecule has 1 N–H and O–H groups in total. The maximum atomic E-state index is 4.78. The van der Waals surface area contributed by atoms with Crippen LogP contribution in [0, 0.1) is 5.41 Å². The first-order valence-corrected chi connectivity index (χ1v) is 7.91. The molecule has 0 unspecified atom stereocenters. The Morgan fingerprint density at radius 3 is 2.39 bits per heavy atom. The summed E-state index contributed by atoms with van der Waals surface area (Å²) in [7, 11) is 4.24. The molecule has 0 bridgehead atoms. The molecule has 1 rings (SSSR count). The molecule has 3 nitrogen and oxygen atoms in total. The fourth-order valence-electron chi connectivity index (χ4n) is 2.41. The van der Waals surface area contributed by atoms with Gasteiger partial charge in [-0.3, -0.25) is 4.99 Å². The first kappa shape index (κ1) is 15.8. The molecular weight excluding hydrogens is 242 g/mol. The quantitative estimate of drug-likeness (QED) is 0.805. The Bertz CT molecular complexity index is 293. The number of rotatable bonds is 6. The van der Waals surface area contributed by atoms with Crippen LogP contribution in [0.25, 0.3) is 0 Å². The van der Waals surface area contributed by atoms with E-state index in [4.69, 9.17) is 4.99 Å². The number of hydrogen-bond acceptors (Lipinski definition) is 3. The third kappa shape index (κ3) is 4.47. The van der Waals surface area contributed by atoms with Crippen molar-refractivity contribution in [3.8, 4) is 0 Å². The van der Waals surface area contributed by atoms with Crippen LogP contribution >= 0.6 is 11.8 Å². The van der Waals surface area contributed by atoms with Crippen molar-refractivity contribution in [2.45, 2.75) is 46.1 Å². The minimum atomic E-state index is 0.239. The smallest absolute Gasteiger partial charge is 0.157 e. The zero-order valence-corrected chi connectivity index (χ0v) is 13.7. The highest BCUT2D eigenvalue weighted by Gasteiger charge is 2.34. The predicted octanol–water partition coefficient (Wildman–Crippen LogP) is 2.83. The molecule has 4 heteroatoms. The van der Waals surface area contributed by atoms with Gasteiger partial charge in [0.15, 0.2) is 5.17 Å². The molecule has 1 aliphatic heterocycles. The van der Waals surface area contributed by atoms with E-state index in [2.05, 4.69) is 52.0 Å². The van der Waals surface area contributed by atoms with E-state index in [9.17, 15) is 0 Å². The third-order valence-corrected chi connectivity index (χ3v) is 4.81. The van der Waals surface area contributed by atoms with E-state index in [1.807, 2.05) is 11.8 Å². The number of amidine groups is 1. The number of nitrogens with zero attached hydrogens (tertiary/aromatic N) is 2. The van der Waals surface area contributed by atoms with Crippen LogP contribution in [-0.2, 0) is 0 Å². The van der Waals surface area contributed by atoms with Gasteiger partial charge in [0.1, 0.15) is 0 Å². The van der Waals surface area contributed by atoms with Gasteiger partial charge in [0.2, 0.25) is 0 Å². The van der Waals surface area contributed by atoms with Crippen LogP contribution in [0.2, 0.25) is 0 Å². The summed E-state index contributed by atoms with van der Waals surface area (Å²) in [6.45, 7) is 11.0. The molecule has 106 valence electrons. The highest BCUT2D eigenvalue weighted by atomic mass is 32.2. The second-order valence-corrected chi connectivity index (χ2v) is 7.39. The SMILES string of the molecule is CCC1(CC)CSC(=NCC(C)(C)CN(C)C)N1. The van der Waals surface area contributed by atoms with Gasteiger partial charge >= 0.3 is 0 Å². The van der Waals surface area contributed by atoms with Gasteiger partial charge in [-0.15, -0.1) is 0 Å². The van der Waals surface area contributed by atoms with Gasteiger partial charge in [0, 0.05) is 24.4 Å². The normalized spacial score (nSPS) is 21.6. The summed E-state index contributed by atoms with van der Waals surface area (Å²) >= 11 is 1.88. The van der Waals surface area contributed by atoms with Crippen LogP contribution in [0.1, 0.15) is 40.5 Å². The van der Waals surface area contributed by atoms with Crippen LogP contribution < -0.4 is 5.32 Å². The molecule has 0 saturated carbocycles. The minimum absolute atomic E-state index is 0.239. The van der Waals surface area contributed by atoms with E-state index in [1.54, 1.807) is 0 Å². The molecule has 0 atom stereocenters. The highest BCUT2D eigenvalue weighted by Crippen LogP contribution is 2.29. The summed E-state index contributed by atoms with van der Waals surface area (Å²) in [6, 6.07) is 0. The van der Waals surface area contributed by atoms with Crippen molar-refractivity contribution in [3.63, 3.8) is 0 Å². The molecule has 0 aliphatic carbocycles. The molecule has 1 aliphatic rings. The Labute approximate surface area is 117 Å². The maximum absolute atomic E-state index is 4.78. The first-order valence-electron chi connectivity index (χ1n) is 6.93. The van der Waals surface area contributed by atoms with Gasteiger partial charge in [0.05, 0.1) is 0 Å². The molecule has 1 saturated heterocycles. The Morgan fingerprint density at radius 2 is 1.94 bits per heavy atom. The van der Waals surface area contributed by atoms with Gasteiger partial charge in [-0.25, -0.2) is 0 Å². The van der Waals surface area contributed by atoms with Crippen LogP contribution in [0.5, 0.6) is 0 Å². The topological polar surface area (TPSA) is 27.6 Å². The van der Waals surface area contributed by atoms with E-state index in [0.717, 1.165) is 24.0 Å². The van der Waals surface area contributed by atoms with Gasteiger partial charge in [-0.1, -0.05) is 39.5 Å². The monoisotopic (exact) mass is 271 g/mol. The lowest BCUT2D eigenvalue weighted by atomic mass is 9.93. The molecule has 1 heterocycles. The number of hydrogen-bond donors (Lipinski definition) is 1. The van der Waals surface area contributed by atoms with Crippen molar-refractivity contribution >= 4 is 16.9 Å². The molecule has 1 fully saturated rings. The van der Waals surface area contributed by atoms with Crippen LogP contribution in [0.3, 0.4) is 0 Å². The van der Waals surface area contributed by atoms with E-state index in [0.29, 0.717) is 0 Å². The van der Waals surface area contributed by atoms with E-state index in [-0.39, 0.29) is 11.0 Å². The predicted molar refractivity (Wildman–Crippen MR) is 83.5 cm³/mol. The lowest BCUT2D eigenvalue weighted by Crippen LogP contribution is -2.42. The Hall–Kier alpha value is -0.220. The average Bonchev–Trinajstić information content (AvgIpc) is 2.69. The van der Waals surface area contributed by atoms with Gasteiger partial charge in [-0.05, 0) is 32.4 Å². The minimum Gasteiger partial charge on any atom is -0.359 e. The largest absolute Gasteiger partial charge is 0.359 e. The molecule has 0 spiro atoms. The average molecular weight is 271 g/mol. The van der Waals surface area contributed by atoms with Crippen molar-refractivity contribution < 1.29 is 0 Å². The Kier molecular flexibility index (Phi) is 5.53. The second kappa shape index (κ2) is 6.29. The molecule has 0 aromatic rings. The maximum Gasteiger partial charge on any atom is 0.157 e. The van der Waals surface area contributed by atoms with Crippen molar-refractivity contribution in [2.75, 3.05) is 32.9 Å². The highest BCUT2D eigenvalue weighted by molar-refractivity contribution is 8.14. The summed E-state index contributed by atoms with van der Waals surface area (Å²) < 4.78 is 0. The fourth-order valence-corrected chi connectivity index (χ4v) is 3.75. The zero-order chi connectivity index (χ0) is 13.8. The third-order valence-electron chi connectivity index (χ3n) is 3.61. The summed E-state index contributed by atoms with van der Waals surface area (Å²) in [5, 5.41) is 4.77. The van der Waals surface area contributed by atoms with Crippen LogP contribution in [-0.4, -0.2) is 48.5 Å². The van der Waals surface area contributed by atoms with Crippen LogP contribution in [0.15, 0.2) is 4.99 Å². The van der Waals surface area contributed by atoms with E-state index < -0.39 is 0 Å². The number of nitrogens with one attached hydrogen (secondary N) is 1. The summed E-state index contributed by atoms with van der Waals surface area (Å²) in [5.41, 5.74) is 0.525. The number of thioether (sulfide) groups is 1. The molecule has 0 aromatic carbocycles. The Balaban J connectivity index is 2.55. The van der Waals surface area contributed by atoms with Gasteiger partial charge in [-0.2, -0.15) is 0 Å². The van der Waals surface area contributed by atoms with Gasteiger partial charge in [0.25, 0.3) is 0 Å². The lowest BCUT2D eigenvalue weighted by Gasteiger charge is -2.27. The van der Waals surface area contributed by atoms with Crippen molar-refractivity contribution in [1.29, 1.82) is 0 Å². The van der Waals surface area contributed by atoms with Crippen molar-refractivity contribution in [3.05, 3.63) is 0 Å². The van der Waals surface area contributed by atoms with Gasteiger partial charge < -0.3 is 10.2 Å². The van der Waals surface area contributed by atoms with E-state index in [1.165, 1.54) is 12.8 Å². The second-order valence-electron chi connectivity index (χ2n) is 6.42. The molecule has 18 heavy (non-hydrogen) atoms. The first-order chi connectivity index (χ1) is 8.32. The zero-order valence-electron chi connectivity index (χ0n) is 12.8. The fraction of sp³-hybridized carbons (Fsp3) is 0.929. The summed E-state index contributed by atoms with van der Waals surface area (Å²) in [6.07, 6.45) is 2.35. The molecule has 0 aromatic heterocycles. The summed E-state index contributed by atoms with van der Waals surface area (Å²) in [4.78, 5) is 7.01. The van der Waals surface area contributed by atoms with Crippen molar-refractivity contribution in [2.24, 2.45) is 10.4 Å². The molecular formula is C14H29N3S. The molecule has 0 radical (unpaired) electrons. The van der Waals surface area contributed by atoms with Crippen LogP contribution in [0.4, 0.5) is 0 Å². The summed E-state index contributed by atoms with van der Waals surface area (Å²) in [5.74, 6) is 1.16.